The Kier molecular flexibility index (Phi) is 6.91. The highest BCUT2D eigenvalue weighted by molar-refractivity contribution is 7.99. The van der Waals surface area contributed by atoms with E-state index in [1.807, 2.05) is 18.2 Å². The van der Waals surface area contributed by atoms with Crippen molar-refractivity contribution in [2.45, 2.75) is 36.9 Å². The highest BCUT2D eigenvalue weighted by atomic mass is 35.5. The van der Waals surface area contributed by atoms with E-state index >= 15 is 0 Å². The summed E-state index contributed by atoms with van der Waals surface area (Å²) >= 11 is 7.45. The zero-order valence-electron chi connectivity index (χ0n) is 17.9. The summed E-state index contributed by atoms with van der Waals surface area (Å²) in [6.07, 6.45) is 4.07. The van der Waals surface area contributed by atoms with Crippen LogP contribution in [0, 0.1) is 0 Å². The molecule has 4 rings (SSSR count). The molecule has 2 aromatic carbocycles. The number of fused-ring (bicyclic) bond motifs is 1. The van der Waals surface area contributed by atoms with Crippen LogP contribution in [0.25, 0.3) is 10.9 Å². The van der Waals surface area contributed by atoms with Crippen LogP contribution in [-0.2, 0) is 4.79 Å². The molecule has 9 heteroatoms. The van der Waals surface area contributed by atoms with Gasteiger partial charge in [0, 0.05) is 12.1 Å². The fraction of sp³-hybridized carbons (Fsp3) is 0.348. The molecule has 1 N–H and O–H groups in total. The first-order valence-electron chi connectivity index (χ1n) is 10.4. The van der Waals surface area contributed by atoms with E-state index in [1.54, 1.807) is 22.8 Å². The van der Waals surface area contributed by atoms with E-state index in [0.717, 1.165) is 25.7 Å². The average Bonchev–Trinajstić information content (AvgIpc) is 3.32. The van der Waals surface area contributed by atoms with Crippen molar-refractivity contribution in [3.8, 4) is 11.5 Å². The lowest BCUT2D eigenvalue weighted by Crippen LogP contribution is -2.27. The summed E-state index contributed by atoms with van der Waals surface area (Å²) in [5.41, 5.74) is 1.04. The van der Waals surface area contributed by atoms with Crippen molar-refractivity contribution < 1.29 is 14.3 Å². The first-order valence-corrected chi connectivity index (χ1v) is 11.7. The Hall–Kier alpha value is -2.71. The first-order chi connectivity index (χ1) is 15.5. The maximum atomic E-state index is 13.2. The number of carbonyl (C=O) groups is 1. The van der Waals surface area contributed by atoms with Crippen LogP contribution in [-0.4, -0.2) is 35.4 Å². The number of methoxy groups -OCH3 is 2. The molecule has 1 aromatic heterocycles. The standard InChI is InChI=1S/C23H24ClN3O4S/c1-30-19-12-20(31-2)18(11-16(19)24)25-21(28)13-32-23-26-17-10-6-5-9-15(17)22(29)27(23)14-7-3-4-8-14/h5-6,9-12,14H,3-4,7-8,13H2,1-2H3,(H,25,28). The number of aromatic nitrogens is 2. The first kappa shape index (κ1) is 22.5. The third-order valence-electron chi connectivity index (χ3n) is 5.55. The molecule has 0 radical (unpaired) electrons. The van der Waals surface area contributed by atoms with Crippen LogP contribution in [0.1, 0.15) is 31.7 Å². The zero-order chi connectivity index (χ0) is 22.7. The molecule has 0 spiro atoms. The number of hydrogen-bond donors (Lipinski definition) is 1. The minimum absolute atomic E-state index is 0.0472. The normalized spacial score (nSPS) is 14.0. The Morgan fingerprint density at radius 2 is 1.91 bits per heavy atom. The van der Waals surface area contributed by atoms with Crippen molar-refractivity contribution in [2.75, 3.05) is 25.3 Å². The number of carbonyl (C=O) groups excluding carboxylic acids is 1. The second-order valence-corrected chi connectivity index (χ2v) is 8.90. The number of anilines is 1. The number of nitrogens with one attached hydrogen (secondary N) is 1. The highest BCUT2D eigenvalue weighted by Gasteiger charge is 2.23. The van der Waals surface area contributed by atoms with Crippen LogP contribution >= 0.6 is 23.4 Å². The van der Waals surface area contributed by atoms with E-state index in [2.05, 4.69) is 5.32 Å². The molecule has 168 valence electrons. The van der Waals surface area contributed by atoms with Gasteiger partial charge in [-0.1, -0.05) is 48.3 Å². The number of para-hydroxylation sites is 1. The third-order valence-corrected chi connectivity index (χ3v) is 6.79. The molecule has 0 atom stereocenters. The number of ether oxygens (including phenoxy) is 2. The molecule has 1 amide bonds. The number of nitrogens with zero attached hydrogens (tertiary/aromatic N) is 2. The van der Waals surface area contributed by atoms with Gasteiger partial charge in [-0.25, -0.2) is 4.98 Å². The summed E-state index contributed by atoms with van der Waals surface area (Å²) < 4.78 is 12.3. The molecular formula is C23H24ClN3O4S. The molecule has 0 aliphatic heterocycles. The number of benzene rings is 2. The molecule has 0 bridgehead atoms. The third kappa shape index (κ3) is 4.56. The van der Waals surface area contributed by atoms with Gasteiger partial charge in [-0.3, -0.25) is 14.2 Å². The number of thioether (sulfide) groups is 1. The smallest absolute Gasteiger partial charge is 0.262 e. The van der Waals surface area contributed by atoms with Gasteiger partial charge in [-0.15, -0.1) is 0 Å². The summed E-state index contributed by atoms with van der Waals surface area (Å²) in [5.74, 6) is 0.729. The SMILES string of the molecule is COc1cc(OC)c(NC(=O)CSc2nc3ccccc3c(=O)n2C2CCCC2)cc1Cl. The quantitative estimate of drug-likeness (QED) is 0.387. The maximum Gasteiger partial charge on any atom is 0.262 e. The maximum absolute atomic E-state index is 13.2. The van der Waals surface area contributed by atoms with Gasteiger partial charge in [0.15, 0.2) is 5.16 Å². The van der Waals surface area contributed by atoms with Crippen molar-refractivity contribution in [1.82, 2.24) is 9.55 Å². The number of rotatable bonds is 7. The molecule has 1 fully saturated rings. The lowest BCUT2D eigenvalue weighted by Gasteiger charge is -2.18. The molecule has 1 aliphatic rings. The molecule has 32 heavy (non-hydrogen) atoms. The second-order valence-electron chi connectivity index (χ2n) is 7.55. The van der Waals surface area contributed by atoms with Crippen LogP contribution in [0.3, 0.4) is 0 Å². The Morgan fingerprint density at radius 1 is 1.19 bits per heavy atom. The number of hydrogen-bond acceptors (Lipinski definition) is 6. The van der Waals surface area contributed by atoms with Crippen LogP contribution in [0.15, 0.2) is 46.3 Å². The van der Waals surface area contributed by atoms with E-state index < -0.39 is 0 Å². The molecule has 3 aromatic rings. The van der Waals surface area contributed by atoms with Gasteiger partial charge in [-0.05, 0) is 31.0 Å². The van der Waals surface area contributed by atoms with E-state index in [1.165, 1.54) is 26.0 Å². The highest BCUT2D eigenvalue weighted by Crippen LogP contribution is 2.36. The minimum atomic E-state index is -0.255. The van der Waals surface area contributed by atoms with Gasteiger partial charge in [0.25, 0.3) is 5.56 Å². The van der Waals surface area contributed by atoms with Gasteiger partial charge in [-0.2, -0.15) is 0 Å². The summed E-state index contributed by atoms with van der Waals surface area (Å²) in [6.45, 7) is 0. The van der Waals surface area contributed by atoms with E-state index in [4.69, 9.17) is 26.1 Å². The Labute approximate surface area is 195 Å². The van der Waals surface area contributed by atoms with Crippen LogP contribution < -0.4 is 20.3 Å². The van der Waals surface area contributed by atoms with Crippen molar-refractivity contribution in [1.29, 1.82) is 0 Å². The Bertz CT molecular complexity index is 1210. The van der Waals surface area contributed by atoms with Crippen molar-refractivity contribution in [3.05, 3.63) is 51.8 Å². The predicted molar refractivity (Wildman–Crippen MR) is 127 cm³/mol. The Morgan fingerprint density at radius 3 is 2.62 bits per heavy atom. The van der Waals surface area contributed by atoms with Gasteiger partial charge in [0.1, 0.15) is 11.5 Å². The van der Waals surface area contributed by atoms with Crippen LogP contribution in [0.4, 0.5) is 5.69 Å². The van der Waals surface area contributed by atoms with Crippen molar-refractivity contribution in [2.24, 2.45) is 0 Å². The number of amides is 1. The molecule has 1 saturated carbocycles. The number of halogens is 1. The van der Waals surface area contributed by atoms with E-state index in [9.17, 15) is 9.59 Å². The van der Waals surface area contributed by atoms with Gasteiger partial charge in [0.2, 0.25) is 5.91 Å². The molecule has 1 aliphatic carbocycles. The summed E-state index contributed by atoms with van der Waals surface area (Å²) in [5, 5.41) is 4.36. The summed E-state index contributed by atoms with van der Waals surface area (Å²) in [7, 11) is 3.02. The molecule has 0 saturated heterocycles. The summed E-state index contributed by atoms with van der Waals surface area (Å²) in [6, 6.07) is 10.7. The van der Waals surface area contributed by atoms with Crippen molar-refractivity contribution >= 4 is 45.9 Å². The largest absolute Gasteiger partial charge is 0.495 e. The molecule has 7 nitrogen and oxygen atoms in total. The summed E-state index contributed by atoms with van der Waals surface area (Å²) in [4.78, 5) is 30.7. The second kappa shape index (κ2) is 9.83. The minimum Gasteiger partial charge on any atom is -0.495 e. The fourth-order valence-electron chi connectivity index (χ4n) is 3.99. The van der Waals surface area contributed by atoms with Gasteiger partial charge < -0.3 is 14.8 Å². The topological polar surface area (TPSA) is 82.5 Å². The fourth-order valence-corrected chi connectivity index (χ4v) is 5.09. The molecule has 1 heterocycles. The molecular weight excluding hydrogens is 450 g/mol. The van der Waals surface area contributed by atoms with Gasteiger partial charge >= 0.3 is 0 Å². The lowest BCUT2D eigenvalue weighted by molar-refractivity contribution is -0.113. The van der Waals surface area contributed by atoms with Crippen LogP contribution in [0.5, 0.6) is 11.5 Å². The van der Waals surface area contributed by atoms with Crippen LogP contribution in [0.2, 0.25) is 5.02 Å². The monoisotopic (exact) mass is 473 g/mol. The average molecular weight is 474 g/mol. The van der Waals surface area contributed by atoms with E-state index in [-0.39, 0.29) is 23.3 Å². The lowest BCUT2D eigenvalue weighted by atomic mass is 10.2. The van der Waals surface area contributed by atoms with Gasteiger partial charge in [0.05, 0.1) is 41.6 Å². The van der Waals surface area contributed by atoms with E-state index in [0.29, 0.717) is 38.3 Å². The zero-order valence-corrected chi connectivity index (χ0v) is 19.5. The Balaban J connectivity index is 1.58. The molecule has 0 unspecified atom stereocenters. The van der Waals surface area contributed by atoms with Crippen molar-refractivity contribution in [3.63, 3.8) is 0 Å². The predicted octanol–water partition coefficient (Wildman–Crippen LogP) is 4.91.